The van der Waals surface area contributed by atoms with Crippen molar-refractivity contribution in [3.63, 3.8) is 0 Å². The number of carbonyl (C=O) groups is 2. The van der Waals surface area contributed by atoms with Crippen LogP contribution in [0.25, 0.3) is 11.0 Å². The van der Waals surface area contributed by atoms with Crippen molar-refractivity contribution in [2.75, 3.05) is 5.32 Å². The number of H-pyrrole nitrogens is 1. The van der Waals surface area contributed by atoms with Gasteiger partial charge in [0.1, 0.15) is 17.4 Å². The summed E-state index contributed by atoms with van der Waals surface area (Å²) in [5.41, 5.74) is 1.72. The normalized spacial score (nSPS) is 10.8. The van der Waals surface area contributed by atoms with Crippen LogP contribution in [0, 0.1) is 11.6 Å². The Morgan fingerprint density at radius 2 is 1.63 bits per heavy atom. The minimum atomic E-state index is -4.76. The first kappa shape index (κ1) is 28.6. The molecular formula is C27H21F2N5O6S. The number of hydrogen-bond donors (Lipinski definition) is 4. The Hall–Kier alpha value is -5.37. The predicted molar refractivity (Wildman–Crippen MR) is 144 cm³/mol. The molecule has 0 saturated heterocycles. The van der Waals surface area contributed by atoms with E-state index in [2.05, 4.69) is 25.6 Å². The molecule has 0 radical (unpaired) electrons. The fraction of sp³-hybridized carbons (Fsp3) is 0.0370. The third-order valence-corrected chi connectivity index (χ3v) is 6.54. The SMILES string of the molecule is O=C(NCc1ccccn1)Nc1nc2ccc(OS(=O)(=O)c3c(F)cccc3F)cc2[nH]1.O=C(O)c1ccccc1. The summed E-state index contributed by atoms with van der Waals surface area (Å²) < 4.78 is 57.2. The molecule has 41 heavy (non-hydrogen) atoms. The molecule has 210 valence electrons. The number of halogens is 2. The molecule has 0 aliphatic heterocycles. The van der Waals surface area contributed by atoms with Crippen LogP contribution in [0.1, 0.15) is 16.1 Å². The highest BCUT2D eigenvalue weighted by Crippen LogP contribution is 2.26. The van der Waals surface area contributed by atoms with Crippen LogP contribution in [-0.2, 0) is 16.7 Å². The quantitative estimate of drug-likeness (QED) is 0.201. The van der Waals surface area contributed by atoms with Crippen LogP contribution in [0.5, 0.6) is 5.75 Å². The van der Waals surface area contributed by atoms with E-state index in [4.69, 9.17) is 9.29 Å². The average Bonchev–Trinajstić information content (AvgIpc) is 3.34. The van der Waals surface area contributed by atoms with Gasteiger partial charge in [-0.05, 0) is 48.5 Å². The van der Waals surface area contributed by atoms with E-state index in [9.17, 15) is 26.8 Å². The van der Waals surface area contributed by atoms with Crippen LogP contribution >= 0.6 is 0 Å². The third kappa shape index (κ3) is 7.60. The van der Waals surface area contributed by atoms with Gasteiger partial charge in [-0.25, -0.2) is 23.4 Å². The van der Waals surface area contributed by atoms with Gasteiger partial charge in [0.2, 0.25) is 5.95 Å². The zero-order valence-electron chi connectivity index (χ0n) is 20.9. The van der Waals surface area contributed by atoms with Crippen molar-refractivity contribution in [3.05, 3.63) is 114 Å². The van der Waals surface area contributed by atoms with Gasteiger partial charge >= 0.3 is 22.1 Å². The van der Waals surface area contributed by atoms with Crippen LogP contribution in [0.3, 0.4) is 0 Å². The molecule has 0 aliphatic rings. The summed E-state index contributed by atoms with van der Waals surface area (Å²) in [5.74, 6) is -3.52. The Kier molecular flexibility index (Phi) is 8.84. The predicted octanol–water partition coefficient (Wildman–Crippen LogP) is 4.71. The topological polar surface area (TPSA) is 163 Å². The Morgan fingerprint density at radius 3 is 2.27 bits per heavy atom. The lowest BCUT2D eigenvalue weighted by Crippen LogP contribution is -2.28. The lowest BCUT2D eigenvalue weighted by molar-refractivity contribution is 0.0696. The number of carboxylic acid groups (broad SMARTS) is 1. The maximum Gasteiger partial charge on any atom is 0.345 e. The maximum absolute atomic E-state index is 13.8. The molecule has 5 rings (SSSR count). The number of benzene rings is 3. The van der Waals surface area contributed by atoms with Crippen molar-refractivity contribution < 1.29 is 36.1 Å². The molecule has 0 unspecified atom stereocenters. The summed E-state index contributed by atoms with van der Waals surface area (Å²) in [6, 6.07) is 19.7. The fourth-order valence-corrected chi connectivity index (χ4v) is 4.45. The first-order valence-corrected chi connectivity index (χ1v) is 13.1. The number of anilines is 1. The zero-order valence-corrected chi connectivity index (χ0v) is 21.7. The maximum atomic E-state index is 13.8. The minimum Gasteiger partial charge on any atom is -0.478 e. The zero-order chi connectivity index (χ0) is 29.4. The number of nitrogens with zero attached hydrogens (tertiary/aromatic N) is 2. The molecular weight excluding hydrogens is 560 g/mol. The molecule has 11 nitrogen and oxygen atoms in total. The number of aromatic carboxylic acids is 1. The van der Waals surface area contributed by atoms with Gasteiger partial charge in [-0.15, -0.1) is 0 Å². The fourth-order valence-electron chi connectivity index (χ4n) is 3.40. The molecule has 5 aromatic rings. The first-order chi connectivity index (χ1) is 19.6. The smallest absolute Gasteiger partial charge is 0.345 e. The number of rotatable bonds is 7. The van der Waals surface area contributed by atoms with Gasteiger partial charge in [-0.1, -0.05) is 30.3 Å². The summed E-state index contributed by atoms with van der Waals surface area (Å²) >= 11 is 0. The highest BCUT2D eigenvalue weighted by atomic mass is 32.2. The number of imidazole rings is 1. The van der Waals surface area contributed by atoms with Crippen LogP contribution in [0.2, 0.25) is 0 Å². The van der Waals surface area contributed by atoms with E-state index in [0.717, 1.165) is 18.2 Å². The number of carboxylic acids is 1. The lowest BCUT2D eigenvalue weighted by atomic mass is 10.2. The Labute approximate surface area is 232 Å². The summed E-state index contributed by atoms with van der Waals surface area (Å²) in [4.78, 5) is 32.1. The number of pyridine rings is 1. The number of fused-ring (bicyclic) bond motifs is 1. The van der Waals surface area contributed by atoms with Crippen LogP contribution in [0.4, 0.5) is 19.5 Å². The minimum absolute atomic E-state index is 0.0960. The van der Waals surface area contributed by atoms with E-state index < -0.39 is 38.6 Å². The summed E-state index contributed by atoms with van der Waals surface area (Å²) in [7, 11) is -4.76. The second kappa shape index (κ2) is 12.7. The van der Waals surface area contributed by atoms with E-state index >= 15 is 0 Å². The molecule has 0 aliphatic carbocycles. The number of urea groups is 1. The summed E-state index contributed by atoms with van der Waals surface area (Å²) in [6.07, 6.45) is 1.61. The van der Waals surface area contributed by atoms with Gasteiger partial charge in [0.25, 0.3) is 0 Å². The van der Waals surface area contributed by atoms with Crippen molar-refractivity contribution in [1.29, 1.82) is 0 Å². The van der Waals surface area contributed by atoms with Gasteiger partial charge in [-0.3, -0.25) is 10.3 Å². The summed E-state index contributed by atoms with van der Waals surface area (Å²) in [6.45, 7) is 0.204. The lowest BCUT2D eigenvalue weighted by Gasteiger charge is -2.08. The molecule has 2 aromatic heterocycles. The molecule has 0 fully saturated rings. The second-order valence-electron chi connectivity index (χ2n) is 8.15. The molecule has 0 bridgehead atoms. The molecule has 2 heterocycles. The molecule has 0 saturated carbocycles. The molecule has 14 heteroatoms. The Morgan fingerprint density at radius 1 is 0.927 bits per heavy atom. The number of carbonyl (C=O) groups excluding carboxylic acids is 1. The largest absolute Gasteiger partial charge is 0.478 e. The number of amides is 2. The molecule has 0 spiro atoms. The second-order valence-corrected chi connectivity index (χ2v) is 9.64. The van der Waals surface area contributed by atoms with Crippen molar-refractivity contribution in [2.45, 2.75) is 11.4 Å². The van der Waals surface area contributed by atoms with Crippen molar-refractivity contribution >= 4 is 39.1 Å². The molecule has 4 N–H and O–H groups in total. The van der Waals surface area contributed by atoms with Crippen molar-refractivity contribution in [3.8, 4) is 5.75 Å². The summed E-state index contributed by atoms with van der Waals surface area (Å²) in [5, 5.41) is 13.5. The number of aromatic nitrogens is 3. The standard InChI is InChI=1S/C20H15F2N5O4S.C7H6O2/c21-14-5-3-6-15(22)18(14)32(29,30)31-13-7-8-16-17(10-13)26-19(25-16)27-20(28)24-11-12-4-1-2-9-23-12;8-7(9)6-4-2-1-3-5-6/h1-10H,11H2,(H3,24,25,26,27,28);1-5H,(H,8,9). The highest BCUT2D eigenvalue weighted by Gasteiger charge is 2.26. The van der Waals surface area contributed by atoms with Crippen LogP contribution in [0.15, 0.2) is 96.0 Å². The monoisotopic (exact) mass is 581 g/mol. The highest BCUT2D eigenvalue weighted by molar-refractivity contribution is 7.87. The first-order valence-electron chi connectivity index (χ1n) is 11.7. The van der Waals surface area contributed by atoms with E-state index in [0.29, 0.717) is 22.3 Å². The van der Waals surface area contributed by atoms with Gasteiger partial charge in [0.05, 0.1) is 28.8 Å². The Balaban J connectivity index is 0.000000367. The molecule has 3 aromatic carbocycles. The average molecular weight is 582 g/mol. The van der Waals surface area contributed by atoms with Gasteiger partial charge in [-0.2, -0.15) is 8.42 Å². The van der Waals surface area contributed by atoms with Crippen molar-refractivity contribution in [1.82, 2.24) is 20.3 Å². The van der Waals surface area contributed by atoms with Gasteiger partial charge in [0, 0.05) is 12.3 Å². The third-order valence-electron chi connectivity index (χ3n) is 5.24. The number of hydrogen-bond acceptors (Lipinski definition) is 7. The van der Waals surface area contributed by atoms with E-state index in [1.54, 1.807) is 54.7 Å². The Bertz CT molecular complexity index is 1760. The van der Waals surface area contributed by atoms with E-state index in [1.807, 2.05) is 0 Å². The molecule has 2 amide bonds. The number of aromatic amines is 1. The van der Waals surface area contributed by atoms with Crippen molar-refractivity contribution in [2.24, 2.45) is 0 Å². The van der Waals surface area contributed by atoms with E-state index in [-0.39, 0.29) is 18.2 Å². The van der Waals surface area contributed by atoms with Crippen LogP contribution < -0.4 is 14.8 Å². The van der Waals surface area contributed by atoms with E-state index in [1.165, 1.54) is 18.2 Å². The van der Waals surface area contributed by atoms with Gasteiger partial charge in [0.15, 0.2) is 4.90 Å². The van der Waals surface area contributed by atoms with Crippen LogP contribution in [-0.4, -0.2) is 40.5 Å². The molecule has 0 atom stereocenters. The number of nitrogens with one attached hydrogen (secondary N) is 3. The van der Waals surface area contributed by atoms with Gasteiger partial charge < -0.3 is 19.6 Å².